The number of hydrogen-bond acceptors (Lipinski definition) is 3. The molecule has 0 aliphatic carbocycles. The van der Waals surface area contributed by atoms with Gasteiger partial charge in [0.15, 0.2) is 5.15 Å². The topological polar surface area (TPSA) is 68.0 Å². The van der Waals surface area contributed by atoms with E-state index in [1.165, 1.54) is 12.1 Å². The molecule has 104 valence electrons. The van der Waals surface area contributed by atoms with Crippen molar-refractivity contribution >= 4 is 40.5 Å². The van der Waals surface area contributed by atoms with Crippen molar-refractivity contribution in [3.05, 3.63) is 51.5 Å². The van der Waals surface area contributed by atoms with Crippen LogP contribution in [0.1, 0.15) is 15.9 Å². The lowest BCUT2D eigenvalue weighted by atomic mass is 10.1. The summed E-state index contributed by atoms with van der Waals surface area (Å²) in [6.45, 7) is 1.71. The first kappa shape index (κ1) is 14.6. The van der Waals surface area contributed by atoms with Crippen LogP contribution in [0, 0.1) is 12.7 Å². The van der Waals surface area contributed by atoms with Gasteiger partial charge in [-0.2, -0.15) is 0 Å². The van der Waals surface area contributed by atoms with Gasteiger partial charge in [0, 0.05) is 5.69 Å². The van der Waals surface area contributed by atoms with Crippen molar-refractivity contribution in [3.8, 4) is 0 Å². The Labute approximate surface area is 124 Å². The van der Waals surface area contributed by atoms with E-state index in [9.17, 15) is 9.18 Å². The van der Waals surface area contributed by atoms with Crippen LogP contribution in [-0.2, 0) is 0 Å². The number of rotatable bonds is 2. The predicted octanol–water partition coefficient (Wildman–Crippen LogP) is 3.67. The smallest absolute Gasteiger partial charge is 0.257 e. The molecule has 1 amide bonds. The minimum atomic E-state index is -0.573. The summed E-state index contributed by atoms with van der Waals surface area (Å²) in [7, 11) is 0. The summed E-state index contributed by atoms with van der Waals surface area (Å²) in [5.74, 6) is -1.13. The number of benzene rings is 1. The van der Waals surface area contributed by atoms with Crippen LogP contribution in [0.25, 0.3) is 0 Å². The molecular formula is C13H10Cl2FN3O. The number of nitrogens with zero attached hydrogens (tertiary/aromatic N) is 1. The molecule has 3 N–H and O–H groups in total. The van der Waals surface area contributed by atoms with E-state index in [4.69, 9.17) is 28.9 Å². The van der Waals surface area contributed by atoms with Gasteiger partial charge >= 0.3 is 0 Å². The molecule has 1 aromatic heterocycles. The Morgan fingerprint density at radius 1 is 1.35 bits per heavy atom. The van der Waals surface area contributed by atoms with Gasteiger partial charge in [-0.05, 0) is 36.8 Å². The summed E-state index contributed by atoms with van der Waals surface area (Å²) < 4.78 is 13.2. The van der Waals surface area contributed by atoms with Crippen molar-refractivity contribution in [3.63, 3.8) is 0 Å². The van der Waals surface area contributed by atoms with Crippen LogP contribution in [-0.4, -0.2) is 10.9 Å². The highest BCUT2D eigenvalue weighted by atomic mass is 35.5. The molecule has 1 heterocycles. The maximum atomic E-state index is 13.2. The van der Waals surface area contributed by atoms with Crippen molar-refractivity contribution in [1.82, 2.24) is 4.98 Å². The molecule has 0 spiro atoms. The third kappa shape index (κ3) is 3.00. The van der Waals surface area contributed by atoms with Crippen LogP contribution in [0.3, 0.4) is 0 Å². The predicted molar refractivity (Wildman–Crippen MR) is 77.8 cm³/mol. The third-order valence-electron chi connectivity index (χ3n) is 2.64. The van der Waals surface area contributed by atoms with Gasteiger partial charge in [0.05, 0.1) is 11.3 Å². The van der Waals surface area contributed by atoms with Crippen LogP contribution in [0.5, 0.6) is 0 Å². The van der Waals surface area contributed by atoms with Crippen LogP contribution in [0.4, 0.5) is 15.8 Å². The molecule has 0 fully saturated rings. The average Bonchev–Trinajstić information content (AvgIpc) is 2.36. The maximum Gasteiger partial charge on any atom is 0.257 e. The van der Waals surface area contributed by atoms with Crippen molar-refractivity contribution in [2.45, 2.75) is 6.92 Å². The van der Waals surface area contributed by atoms with E-state index in [0.29, 0.717) is 11.3 Å². The van der Waals surface area contributed by atoms with Crippen LogP contribution in [0.15, 0.2) is 24.3 Å². The first-order valence-corrected chi connectivity index (χ1v) is 6.33. The van der Waals surface area contributed by atoms with Gasteiger partial charge in [0.1, 0.15) is 11.0 Å². The molecule has 0 aliphatic rings. The number of amides is 1. The second-order valence-electron chi connectivity index (χ2n) is 4.11. The van der Waals surface area contributed by atoms with Gasteiger partial charge in [-0.3, -0.25) is 4.79 Å². The Balaban J connectivity index is 2.35. The van der Waals surface area contributed by atoms with E-state index in [1.54, 1.807) is 13.0 Å². The zero-order valence-corrected chi connectivity index (χ0v) is 11.9. The number of anilines is 2. The van der Waals surface area contributed by atoms with E-state index in [2.05, 4.69) is 10.3 Å². The minimum absolute atomic E-state index is 0.0235. The zero-order chi connectivity index (χ0) is 14.9. The molecule has 1 aromatic carbocycles. The molecule has 0 saturated heterocycles. The fourth-order valence-corrected chi connectivity index (χ4v) is 2.23. The molecule has 2 aromatic rings. The Morgan fingerprint density at radius 2 is 2.05 bits per heavy atom. The number of aryl methyl sites for hydroxylation is 1. The van der Waals surface area contributed by atoms with Crippen molar-refractivity contribution in [1.29, 1.82) is 0 Å². The van der Waals surface area contributed by atoms with Crippen LogP contribution in [0.2, 0.25) is 10.3 Å². The SMILES string of the molecule is Cc1cc(Cl)nc(Cl)c1NC(=O)c1cc(F)ccc1N. The Morgan fingerprint density at radius 3 is 2.70 bits per heavy atom. The fraction of sp³-hybridized carbons (Fsp3) is 0.0769. The van der Waals surface area contributed by atoms with E-state index in [1.807, 2.05) is 0 Å². The number of aromatic nitrogens is 1. The lowest BCUT2D eigenvalue weighted by Gasteiger charge is -2.11. The van der Waals surface area contributed by atoms with Crippen molar-refractivity contribution in [2.24, 2.45) is 0 Å². The summed E-state index contributed by atoms with van der Waals surface area (Å²) in [5.41, 5.74) is 6.78. The van der Waals surface area contributed by atoms with Gasteiger partial charge < -0.3 is 11.1 Å². The average molecular weight is 314 g/mol. The normalized spacial score (nSPS) is 10.4. The van der Waals surface area contributed by atoms with Gasteiger partial charge in [0.25, 0.3) is 5.91 Å². The van der Waals surface area contributed by atoms with Gasteiger partial charge in [-0.25, -0.2) is 9.37 Å². The highest BCUT2D eigenvalue weighted by molar-refractivity contribution is 6.35. The van der Waals surface area contributed by atoms with E-state index in [-0.39, 0.29) is 21.6 Å². The number of hydrogen-bond donors (Lipinski definition) is 2. The Bertz CT molecular complexity index is 668. The molecule has 0 saturated carbocycles. The summed E-state index contributed by atoms with van der Waals surface area (Å²) in [6.07, 6.45) is 0. The van der Waals surface area contributed by atoms with Gasteiger partial charge in [0.2, 0.25) is 0 Å². The van der Waals surface area contributed by atoms with Gasteiger partial charge in [-0.1, -0.05) is 23.2 Å². The number of nitrogens with one attached hydrogen (secondary N) is 1. The second kappa shape index (κ2) is 5.64. The Hall–Kier alpha value is -1.85. The summed E-state index contributed by atoms with van der Waals surface area (Å²) in [6, 6.07) is 5.10. The number of nitrogens with two attached hydrogens (primary N) is 1. The number of halogens is 3. The minimum Gasteiger partial charge on any atom is -0.398 e. The largest absolute Gasteiger partial charge is 0.398 e. The number of carbonyl (C=O) groups is 1. The molecule has 0 atom stereocenters. The van der Waals surface area contributed by atoms with E-state index >= 15 is 0 Å². The van der Waals surface area contributed by atoms with Crippen molar-refractivity contribution in [2.75, 3.05) is 11.1 Å². The van der Waals surface area contributed by atoms with E-state index < -0.39 is 11.7 Å². The summed E-state index contributed by atoms with van der Waals surface area (Å²) in [4.78, 5) is 15.9. The lowest BCUT2D eigenvalue weighted by Crippen LogP contribution is -2.15. The summed E-state index contributed by atoms with van der Waals surface area (Å²) in [5, 5.41) is 2.82. The van der Waals surface area contributed by atoms with E-state index in [0.717, 1.165) is 6.07 Å². The van der Waals surface area contributed by atoms with Gasteiger partial charge in [-0.15, -0.1) is 0 Å². The molecule has 2 rings (SSSR count). The Kier molecular flexibility index (Phi) is 4.11. The molecule has 0 radical (unpaired) electrons. The molecule has 0 unspecified atom stereocenters. The van der Waals surface area contributed by atoms with Crippen molar-refractivity contribution < 1.29 is 9.18 Å². The molecule has 20 heavy (non-hydrogen) atoms. The second-order valence-corrected chi connectivity index (χ2v) is 4.86. The third-order valence-corrected chi connectivity index (χ3v) is 3.11. The first-order chi connectivity index (χ1) is 9.38. The first-order valence-electron chi connectivity index (χ1n) is 5.57. The van der Waals surface area contributed by atoms with Crippen LogP contribution < -0.4 is 11.1 Å². The quantitative estimate of drug-likeness (QED) is 0.656. The molecule has 7 heteroatoms. The zero-order valence-electron chi connectivity index (χ0n) is 10.4. The lowest BCUT2D eigenvalue weighted by molar-refractivity contribution is 0.102. The molecule has 0 aliphatic heterocycles. The highest BCUT2D eigenvalue weighted by Gasteiger charge is 2.15. The molecular weight excluding hydrogens is 304 g/mol. The fourth-order valence-electron chi connectivity index (χ4n) is 1.65. The number of carbonyl (C=O) groups excluding carboxylic acids is 1. The summed E-state index contributed by atoms with van der Waals surface area (Å²) >= 11 is 11.7. The van der Waals surface area contributed by atoms with Crippen LogP contribution >= 0.6 is 23.2 Å². The number of nitrogen functional groups attached to an aromatic ring is 1. The standard InChI is InChI=1S/C13H10Cl2FN3O/c1-6-4-10(14)18-12(15)11(6)19-13(20)8-5-7(16)2-3-9(8)17/h2-5H,17H2,1H3,(H,19,20). The molecule has 0 bridgehead atoms. The maximum absolute atomic E-state index is 13.2. The highest BCUT2D eigenvalue weighted by Crippen LogP contribution is 2.27. The number of pyridine rings is 1. The molecule has 4 nitrogen and oxygen atoms in total. The monoisotopic (exact) mass is 313 g/mol.